The lowest BCUT2D eigenvalue weighted by molar-refractivity contribution is -0.141. The molecular weight excluding hydrogens is 260 g/mol. The Kier molecular flexibility index (Phi) is 3.43. The number of aryl methyl sites for hydroxylation is 1. The number of aromatic nitrogens is 2. The summed E-state index contributed by atoms with van der Waals surface area (Å²) in [5.41, 5.74) is 0. The molecule has 2 atom stereocenters. The largest absolute Gasteiger partial charge is 0.480 e. The van der Waals surface area contributed by atoms with Gasteiger partial charge in [0.2, 0.25) is 5.13 Å². The predicted molar refractivity (Wildman–Crippen MR) is 62.4 cm³/mol. The quantitative estimate of drug-likeness (QED) is 0.692. The van der Waals surface area contributed by atoms with Crippen molar-refractivity contribution in [3.63, 3.8) is 0 Å². The second kappa shape index (κ2) is 4.86. The Bertz CT molecular complexity index is 477. The van der Waals surface area contributed by atoms with Gasteiger partial charge in [0.25, 0.3) is 0 Å². The van der Waals surface area contributed by atoms with Crippen LogP contribution in [0.15, 0.2) is 0 Å². The predicted octanol–water partition coefficient (Wildman–Crippen LogP) is -0.102. The second-order valence-electron chi connectivity index (χ2n) is 3.97. The summed E-state index contributed by atoms with van der Waals surface area (Å²) in [6, 6.07) is -1.59. The summed E-state index contributed by atoms with van der Waals surface area (Å²) in [7, 11) is 0. The van der Waals surface area contributed by atoms with Crippen LogP contribution in [0.4, 0.5) is 9.93 Å². The van der Waals surface area contributed by atoms with E-state index in [0.717, 1.165) is 16.4 Å². The first-order chi connectivity index (χ1) is 8.47. The minimum Gasteiger partial charge on any atom is -0.480 e. The zero-order chi connectivity index (χ0) is 13.3. The molecule has 1 aromatic heterocycles. The number of hydrogen-bond acceptors (Lipinski definition) is 6. The maximum atomic E-state index is 11.9. The van der Waals surface area contributed by atoms with Gasteiger partial charge in [0.05, 0.1) is 6.10 Å². The van der Waals surface area contributed by atoms with E-state index in [1.165, 1.54) is 0 Å². The zero-order valence-electron chi connectivity index (χ0n) is 9.53. The smallest absolute Gasteiger partial charge is 0.326 e. The number of β-amino-alcohol motifs (C(OH)–C–C–N with tert-alkyl or cyclic N) is 1. The van der Waals surface area contributed by atoms with Gasteiger partial charge in [0.15, 0.2) is 0 Å². The molecule has 1 aliphatic rings. The highest BCUT2D eigenvalue weighted by Crippen LogP contribution is 2.20. The highest BCUT2D eigenvalue weighted by molar-refractivity contribution is 7.09. The third-order valence-corrected chi connectivity index (χ3v) is 3.29. The molecule has 18 heavy (non-hydrogen) atoms. The number of rotatable bonds is 2. The number of hydrogen-bond donors (Lipinski definition) is 3. The molecule has 1 fully saturated rings. The fourth-order valence-electron chi connectivity index (χ4n) is 1.78. The van der Waals surface area contributed by atoms with Gasteiger partial charge in [-0.05, 0) is 6.92 Å². The van der Waals surface area contributed by atoms with E-state index in [2.05, 4.69) is 14.7 Å². The van der Waals surface area contributed by atoms with Crippen molar-refractivity contribution in [1.29, 1.82) is 0 Å². The van der Waals surface area contributed by atoms with Crippen molar-refractivity contribution in [3.8, 4) is 0 Å². The number of carboxylic acid groups (broad SMARTS) is 1. The molecular formula is C9H12N4O4S. The van der Waals surface area contributed by atoms with Crippen LogP contribution in [0, 0.1) is 6.92 Å². The molecule has 9 heteroatoms. The number of nitrogens with zero attached hydrogens (tertiary/aromatic N) is 3. The first-order valence-corrected chi connectivity index (χ1v) is 6.03. The van der Waals surface area contributed by atoms with Crippen LogP contribution in [0.1, 0.15) is 12.2 Å². The highest BCUT2D eigenvalue weighted by Gasteiger charge is 2.39. The number of nitrogens with one attached hydrogen (secondary N) is 1. The monoisotopic (exact) mass is 272 g/mol. The van der Waals surface area contributed by atoms with Crippen molar-refractivity contribution in [2.24, 2.45) is 0 Å². The lowest BCUT2D eigenvalue weighted by Crippen LogP contribution is -2.43. The molecule has 2 unspecified atom stereocenters. The van der Waals surface area contributed by atoms with Crippen LogP contribution < -0.4 is 5.32 Å². The lowest BCUT2D eigenvalue weighted by atomic mass is 10.2. The van der Waals surface area contributed by atoms with Crippen molar-refractivity contribution < 1.29 is 19.8 Å². The van der Waals surface area contributed by atoms with E-state index in [9.17, 15) is 14.7 Å². The molecule has 1 aliphatic heterocycles. The summed E-state index contributed by atoms with van der Waals surface area (Å²) in [5, 5.41) is 21.2. The molecule has 8 nitrogen and oxygen atoms in total. The normalized spacial score (nSPS) is 23.1. The van der Waals surface area contributed by atoms with Crippen LogP contribution in [0.2, 0.25) is 0 Å². The van der Waals surface area contributed by atoms with Gasteiger partial charge in [-0.25, -0.2) is 14.6 Å². The molecule has 0 bridgehead atoms. The highest BCUT2D eigenvalue weighted by atomic mass is 32.1. The maximum absolute atomic E-state index is 11.9. The van der Waals surface area contributed by atoms with E-state index in [1.807, 2.05) is 0 Å². The Morgan fingerprint density at radius 2 is 2.28 bits per heavy atom. The van der Waals surface area contributed by atoms with Gasteiger partial charge in [-0.1, -0.05) is 0 Å². The average molecular weight is 272 g/mol. The van der Waals surface area contributed by atoms with Gasteiger partial charge in [0.1, 0.15) is 11.9 Å². The number of aliphatic carboxylic acids is 1. The Hall–Kier alpha value is -1.74. The standard InChI is InChI=1S/C9H12N4O4S/c1-4-10-8(18-12-4)11-9(17)13-3-5(14)2-6(13)7(15)16/h5-6,14H,2-3H2,1H3,(H,15,16)(H,10,11,12,17). The van der Waals surface area contributed by atoms with Crippen molar-refractivity contribution in [1.82, 2.24) is 14.3 Å². The van der Waals surface area contributed by atoms with Crippen molar-refractivity contribution >= 4 is 28.7 Å². The van der Waals surface area contributed by atoms with Crippen LogP contribution in [0.3, 0.4) is 0 Å². The Morgan fingerprint density at radius 3 is 2.83 bits per heavy atom. The van der Waals surface area contributed by atoms with Crippen LogP contribution in [-0.4, -0.2) is 55.2 Å². The number of carbonyl (C=O) groups excluding carboxylic acids is 1. The van der Waals surface area contributed by atoms with Crippen LogP contribution >= 0.6 is 11.5 Å². The SMILES string of the molecule is Cc1nsc(NC(=O)N2CC(O)CC2C(=O)O)n1. The van der Waals surface area contributed by atoms with E-state index >= 15 is 0 Å². The summed E-state index contributed by atoms with van der Waals surface area (Å²) in [5.74, 6) is -0.596. The average Bonchev–Trinajstić information content (AvgIpc) is 2.85. The molecule has 1 saturated heterocycles. The Morgan fingerprint density at radius 1 is 1.56 bits per heavy atom. The molecule has 0 radical (unpaired) electrons. The Labute approximate surface area is 106 Å². The molecule has 0 aliphatic carbocycles. The molecule has 1 aromatic rings. The molecule has 2 rings (SSSR count). The van der Waals surface area contributed by atoms with Crippen LogP contribution in [0.25, 0.3) is 0 Å². The zero-order valence-corrected chi connectivity index (χ0v) is 10.3. The number of carbonyl (C=O) groups is 2. The minimum atomic E-state index is -1.13. The third kappa shape index (κ3) is 2.57. The van der Waals surface area contributed by atoms with E-state index in [4.69, 9.17) is 5.11 Å². The summed E-state index contributed by atoms with van der Waals surface area (Å²) < 4.78 is 3.90. The van der Waals surface area contributed by atoms with E-state index < -0.39 is 24.1 Å². The summed E-state index contributed by atoms with van der Waals surface area (Å²) in [4.78, 5) is 27.9. The summed E-state index contributed by atoms with van der Waals surface area (Å²) >= 11 is 1.02. The van der Waals surface area contributed by atoms with Crippen LogP contribution in [0.5, 0.6) is 0 Å². The second-order valence-corrected chi connectivity index (χ2v) is 4.72. The number of likely N-dealkylation sites (tertiary alicyclic amines) is 1. The van der Waals surface area contributed by atoms with E-state index in [0.29, 0.717) is 11.0 Å². The molecule has 98 valence electrons. The topological polar surface area (TPSA) is 116 Å². The molecule has 2 amide bonds. The van der Waals surface area contributed by atoms with E-state index in [1.54, 1.807) is 6.92 Å². The molecule has 2 heterocycles. The number of amides is 2. The van der Waals surface area contributed by atoms with Gasteiger partial charge in [-0.2, -0.15) is 4.37 Å². The van der Waals surface area contributed by atoms with Crippen LogP contribution in [-0.2, 0) is 4.79 Å². The van der Waals surface area contributed by atoms with E-state index in [-0.39, 0.29) is 13.0 Å². The first kappa shape index (κ1) is 12.7. The maximum Gasteiger partial charge on any atom is 0.326 e. The Balaban J connectivity index is 2.06. The van der Waals surface area contributed by atoms with Gasteiger partial charge in [-0.15, -0.1) is 0 Å². The number of aliphatic hydroxyl groups excluding tert-OH is 1. The number of anilines is 1. The third-order valence-electron chi connectivity index (χ3n) is 2.57. The summed E-state index contributed by atoms with van der Waals surface area (Å²) in [6.45, 7) is 1.69. The van der Waals surface area contributed by atoms with Gasteiger partial charge >= 0.3 is 12.0 Å². The molecule has 0 saturated carbocycles. The van der Waals surface area contributed by atoms with Gasteiger partial charge < -0.3 is 15.1 Å². The fourth-order valence-corrected chi connectivity index (χ4v) is 2.35. The number of carboxylic acids is 1. The first-order valence-electron chi connectivity index (χ1n) is 5.26. The lowest BCUT2D eigenvalue weighted by Gasteiger charge is -2.20. The molecule has 0 spiro atoms. The minimum absolute atomic E-state index is 0.000581. The van der Waals surface area contributed by atoms with Gasteiger partial charge in [0, 0.05) is 24.5 Å². The van der Waals surface area contributed by atoms with Crippen molar-refractivity contribution in [2.45, 2.75) is 25.5 Å². The van der Waals surface area contributed by atoms with Crippen molar-refractivity contribution in [3.05, 3.63) is 5.82 Å². The van der Waals surface area contributed by atoms with Crippen molar-refractivity contribution in [2.75, 3.05) is 11.9 Å². The van der Waals surface area contributed by atoms with Gasteiger partial charge in [-0.3, -0.25) is 5.32 Å². The fraction of sp³-hybridized carbons (Fsp3) is 0.556. The molecule has 0 aromatic carbocycles. The number of aliphatic hydroxyl groups is 1. The number of urea groups is 1. The molecule has 3 N–H and O–H groups in total. The summed E-state index contributed by atoms with van der Waals surface area (Å²) in [6.07, 6.45) is -0.772.